The summed E-state index contributed by atoms with van der Waals surface area (Å²) in [4.78, 5) is 9.16. The van der Waals surface area contributed by atoms with Crippen LogP contribution in [-0.2, 0) is 18.3 Å². The minimum absolute atomic E-state index is 0.319. The molecule has 2 atom stereocenters. The van der Waals surface area contributed by atoms with Crippen LogP contribution in [0.4, 0.5) is 11.4 Å². The number of aryl methyl sites for hydroxylation is 1. The summed E-state index contributed by atoms with van der Waals surface area (Å²) in [6.45, 7) is 0. The van der Waals surface area contributed by atoms with E-state index in [1.54, 1.807) is 42.6 Å². The van der Waals surface area contributed by atoms with E-state index in [0.29, 0.717) is 33.8 Å². The largest absolute Gasteiger partial charge is 0.755 e. The molecule has 0 spiro atoms. The Hall–Kier alpha value is -3.71. The topological polar surface area (TPSA) is 97.9 Å². The Morgan fingerprint density at radius 1 is 1.12 bits per heavy atom. The van der Waals surface area contributed by atoms with Crippen LogP contribution in [0.15, 0.2) is 79.0 Å². The highest BCUT2D eigenvalue weighted by molar-refractivity contribution is 7.81. The number of para-hydroxylation sites is 1. The number of rotatable bonds is 5. The van der Waals surface area contributed by atoms with Crippen LogP contribution in [0.1, 0.15) is 22.2 Å². The number of hydrogen-bond donors (Lipinski definition) is 1. The number of hydrogen-bond acceptors (Lipinski definition) is 6. The number of pyridine rings is 1. The summed E-state index contributed by atoms with van der Waals surface area (Å²) in [5.74, 6) is 0.710. The normalized spacial score (nSPS) is 13.0. The summed E-state index contributed by atoms with van der Waals surface area (Å²) in [5.41, 5.74) is 4.49. The van der Waals surface area contributed by atoms with E-state index in [4.69, 9.17) is 22.9 Å². The van der Waals surface area contributed by atoms with Gasteiger partial charge in [-0.05, 0) is 48.0 Å². The molecule has 2 heterocycles. The highest BCUT2D eigenvalue weighted by Gasteiger charge is 2.20. The van der Waals surface area contributed by atoms with Gasteiger partial charge in [-0.25, -0.2) is 4.98 Å². The third-order valence-electron chi connectivity index (χ3n) is 5.71. The summed E-state index contributed by atoms with van der Waals surface area (Å²) >= 11 is 2.19. The molecule has 0 aliphatic rings. The first-order valence-electron chi connectivity index (χ1n) is 10.4. The minimum Gasteiger partial charge on any atom is -0.755 e. The fourth-order valence-corrected chi connectivity index (χ4v) is 5.02. The van der Waals surface area contributed by atoms with Crippen molar-refractivity contribution in [2.45, 2.75) is 5.25 Å². The molecule has 3 aromatic carbocycles. The Morgan fingerprint density at radius 3 is 2.62 bits per heavy atom. The molecule has 7 nitrogen and oxygen atoms in total. The zero-order chi connectivity index (χ0) is 23.8. The van der Waals surface area contributed by atoms with Gasteiger partial charge in [0.05, 0.1) is 56.1 Å². The van der Waals surface area contributed by atoms with Crippen molar-refractivity contribution in [3.8, 4) is 6.07 Å². The molecule has 34 heavy (non-hydrogen) atoms. The number of nitriles is 1. The molecule has 0 N–H and O–H groups in total. The molecule has 0 amide bonds. The number of nitrogens with zero attached hydrogens (tertiary/aromatic N) is 5. The van der Waals surface area contributed by atoms with Crippen LogP contribution >= 0.6 is 12.6 Å². The molecule has 2 aromatic heterocycles. The lowest BCUT2D eigenvalue weighted by Crippen LogP contribution is -2.20. The molecule has 0 aliphatic carbocycles. The molecule has 0 bridgehead atoms. The first-order chi connectivity index (χ1) is 16.5. The fourth-order valence-electron chi connectivity index (χ4n) is 4.02. The Morgan fingerprint density at radius 2 is 1.88 bits per heavy atom. The average molecular weight is 485 g/mol. The van der Waals surface area contributed by atoms with Crippen LogP contribution in [0.3, 0.4) is 0 Å². The van der Waals surface area contributed by atoms with E-state index in [1.165, 1.54) is 4.31 Å². The van der Waals surface area contributed by atoms with Gasteiger partial charge >= 0.3 is 0 Å². The van der Waals surface area contributed by atoms with Crippen molar-refractivity contribution >= 4 is 57.2 Å². The van der Waals surface area contributed by atoms with Crippen LogP contribution < -0.4 is 4.31 Å². The minimum atomic E-state index is -2.58. The average Bonchev–Trinajstić information content (AvgIpc) is 3.19. The maximum atomic E-state index is 12.3. The Bertz CT molecular complexity index is 1590. The lowest BCUT2D eigenvalue weighted by Gasteiger charge is -2.27. The molecule has 0 radical (unpaired) electrons. The maximum Gasteiger partial charge on any atom is 0.127 e. The van der Waals surface area contributed by atoms with E-state index in [0.717, 1.165) is 16.5 Å². The Labute approximate surface area is 204 Å². The third kappa shape index (κ3) is 3.82. The Kier molecular flexibility index (Phi) is 5.79. The van der Waals surface area contributed by atoms with Crippen molar-refractivity contribution in [1.29, 1.82) is 5.26 Å². The summed E-state index contributed by atoms with van der Waals surface area (Å²) in [6, 6.07) is 23.8. The number of thiol groups is 1. The van der Waals surface area contributed by atoms with E-state index >= 15 is 0 Å². The van der Waals surface area contributed by atoms with Crippen LogP contribution in [-0.4, -0.2) is 23.3 Å². The molecule has 0 saturated heterocycles. The SMILES string of the molecule is Cn1c(C(S)c2ccc(C#N)cc2)nc2cc(N(c3cccc4cccnc34)S(=O)[O-])ccc21. The summed E-state index contributed by atoms with van der Waals surface area (Å²) in [7, 11) is 1.90. The van der Waals surface area contributed by atoms with E-state index in [9.17, 15) is 8.76 Å². The monoisotopic (exact) mass is 484 g/mol. The van der Waals surface area contributed by atoms with Crippen molar-refractivity contribution in [3.05, 3.63) is 95.9 Å². The molecule has 5 rings (SSSR count). The first-order valence-corrected chi connectivity index (χ1v) is 11.9. The second kappa shape index (κ2) is 8.91. The molecule has 5 aromatic rings. The second-order valence-corrected chi connectivity index (χ2v) is 9.02. The molecule has 9 heteroatoms. The van der Waals surface area contributed by atoms with Gasteiger partial charge in [0.25, 0.3) is 0 Å². The quantitative estimate of drug-likeness (QED) is 0.281. The fraction of sp³-hybridized carbons (Fsp3) is 0.0800. The van der Waals surface area contributed by atoms with Crippen molar-refractivity contribution < 1.29 is 8.76 Å². The van der Waals surface area contributed by atoms with E-state index in [2.05, 4.69) is 11.1 Å². The number of benzene rings is 3. The van der Waals surface area contributed by atoms with Crippen LogP contribution in [0, 0.1) is 11.3 Å². The van der Waals surface area contributed by atoms with Gasteiger partial charge in [0.2, 0.25) is 0 Å². The van der Waals surface area contributed by atoms with Crippen molar-refractivity contribution in [2.75, 3.05) is 4.31 Å². The van der Waals surface area contributed by atoms with Gasteiger partial charge in [-0.2, -0.15) is 17.9 Å². The van der Waals surface area contributed by atoms with Gasteiger partial charge in [-0.3, -0.25) is 13.5 Å². The first kappa shape index (κ1) is 22.1. The van der Waals surface area contributed by atoms with Crippen molar-refractivity contribution in [1.82, 2.24) is 14.5 Å². The number of anilines is 2. The van der Waals surface area contributed by atoms with Gasteiger partial charge in [0.1, 0.15) is 5.82 Å². The van der Waals surface area contributed by atoms with Crippen molar-refractivity contribution in [3.63, 3.8) is 0 Å². The molecule has 168 valence electrons. The third-order valence-corrected chi connectivity index (χ3v) is 6.95. The van der Waals surface area contributed by atoms with Gasteiger partial charge in [-0.1, -0.05) is 30.3 Å². The number of imidazole rings is 1. The van der Waals surface area contributed by atoms with Crippen molar-refractivity contribution in [2.24, 2.45) is 7.05 Å². The number of aromatic nitrogens is 3. The summed E-state index contributed by atoms with van der Waals surface area (Å²) in [6.07, 6.45) is 1.64. The zero-order valence-electron chi connectivity index (χ0n) is 18.0. The van der Waals surface area contributed by atoms with E-state index in [1.807, 2.05) is 48.0 Å². The van der Waals surface area contributed by atoms with Crippen LogP contribution in [0.5, 0.6) is 0 Å². The highest BCUT2D eigenvalue weighted by atomic mass is 32.2. The van der Waals surface area contributed by atoms with Crippen LogP contribution in [0.2, 0.25) is 0 Å². The maximum absolute atomic E-state index is 12.3. The smallest absolute Gasteiger partial charge is 0.127 e. The molecule has 2 unspecified atom stereocenters. The predicted octanol–water partition coefficient (Wildman–Crippen LogP) is 4.94. The standard InChI is InChI=1S/C25H19N5O2S2/c1-29-21-12-11-19(30(34(31)32)22-6-2-4-17-5-3-13-27-23(17)22)14-20(21)28-25(29)24(33)18-9-7-16(15-26)8-10-18/h2-14,24,33H,1H3,(H,31,32)/p-1. The zero-order valence-corrected chi connectivity index (χ0v) is 19.7. The second-order valence-electron chi connectivity index (χ2n) is 7.70. The molecule has 0 fully saturated rings. The molecule has 0 aliphatic heterocycles. The van der Waals surface area contributed by atoms with E-state index < -0.39 is 11.3 Å². The predicted molar refractivity (Wildman–Crippen MR) is 136 cm³/mol. The summed E-state index contributed by atoms with van der Waals surface area (Å²) in [5, 5.41) is 9.56. The molecular weight excluding hydrogens is 466 g/mol. The lowest BCUT2D eigenvalue weighted by molar-refractivity contribution is 0.537. The van der Waals surface area contributed by atoms with Gasteiger partial charge in [0.15, 0.2) is 0 Å². The molecular formula is C25H18N5O2S2-. The molecule has 0 saturated carbocycles. The summed E-state index contributed by atoms with van der Waals surface area (Å²) < 4.78 is 27.8. The Balaban J connectivity index is 1.59. The number of fused-ring (bicyclic) bond motifs is 2. The lowest BCUT2D eigenvalue weighted by atomic mass is 10.1. The van der Waals surface area contributed by atoms with Gasteiger partial charge in [-0.15, -0.1) is 0 Å². The van der Waals surface area contributed by atoms with Gasteiger partial charge in [0, 0.05) is 18.6 Å². The van der Waals surface area contributed by atoms with Crippen LogP contribution in [0.25, 0.3) is 21.9 Å². The highest BCUT2D eigenvalue weighted by Crippen LogP contribution is 2.35. The van der Waals surface area contributed by atoms with Gasteiger partial charge < -0.3 is 9.12 Å². The van der Waals surface area contributed by atoms with E-state index in [-0.39, 0.29) is 5.25 Å².